The highest BCUT2D eigenvalue weighted by molar-refractivity contribution is 9.10. The molecule has 17 heavy (non-hydrogen) atoms. The van der Waals surface area contributed by atoms with E-state index in [0.29, 0.717) is 5.82 Å². The van der Waals surface area contributed by atoms with Crippen molar-refractivity contribution in [2.45, 2.75) is 12.5 Å². The predicted molar refractivity (Wildman–Crippen MR) is 69.9 cm³/mol. The Labute approximate surface area is 107 Å². The molecule has 1 aliphatic heterocycles. The number of hydrogen-bond acceptors (Lipinski definition) is 5. The molecule has 0 bridgehead atoms. The van der Waals surface area contributed by atoms with E-state index >= 15 is 0 Å². The Morgan fingerprint density at radius 3 is 3.00 bits per heavy atom. The summed E-state index contributed by atoms with van der Waals surface area (Å²) in [5, 5.41) is 4.14. The summed E-state index contributed by atoms with van der Waals surface area (Å²) >= 11 is 3.41. The first-order valence-electron chi connectivity index (χ1n) is 5.45. The van der Waals surface area contributed by atoms with Gasteiger partial charge in [0.1, 0.15) is 11.6 Å². The largest absolute Gasteiger partial charge is 0.383 e. The highest BCUT2D eigenvalue weighted by Gasteiger charge is 2.21. The number of nitrogens with two attached hydrogens (primary N) is 2. The van der Waals surface area contributed by atoms with Crippen molar-refractivity contribution in [1.82, 2.24) is 14.6 Å². The van der Waals surface area contributed by atoms with Gasteiger partial charge in [-0.05, 0) is 22.4 Å². The lowest BCUT2D eigenvalue weighted by molar-refractivity contribution is 0.751. The molecule has 1 atom stereocenters. The van der Waals surface area contributed by atoms with E-state index < -0.39 is 0 Å². The maximum absolute atomic E-state index is 5.95. The van der Waals surface area contributed by atoms with Gasteiger partial charge in [-0.15, -0.1) is 0 Å². The standard InChI is InChI=1S/C10H13BrN6/c11-7-4-14-17-8(13)3-9(15-10(7)17)16-2-1-6(12)5-16/h3-4,6H,1-2,5,12-13H2/t6-/m0/s1. The lowest BCUT2D eigenvalue weighted by Crippen LogP contribution is -2.27. The van der Waals surface area contributed by atoms with Crippen LogP contribution in [0.2, 0.25) is 0 Å². The second-order valence-electron chi connectivity index (χ2n) is 4.26. The smallest absolute Gasteiger partial charge is 0.173 e. The molecule has 2 aromatic rings. The molecule has 0 saturated carbocycles. The van der Waals surface area contributed by atoms with Crippen molar-refractivity contribution >= 4 is 33.2 Å². The van der Waals surface area contributed by atoms with Crippen LogP contribution >= 0.6 is 15.9 Å². The zero-order valence-corrected chi connectivity index (χ0v) is 10.8. The molecule has 90 valence electrons. The van der Waals surface area contributed by atoms with Crippen LogP contribution in [0.15, 0.2) is 16.7 Å². The van der Waals surface area contributed by atoms with Crippen molar-refractivity contribution in [2.75, 3.05) is 23.7 Å². The summed E-state index contributed by atoms with van der Waals surface area (Å²) in [4.78, 5) is 6.71. The second-order valence-corrected chi connectivity index (χ2v) is 5.12. The molecule has 1 saturated heterocycles. The number of aromatic nitrogens is 3. The summed E-state index contributed by atoms with van der Waals surface area (Å²) in [6.45, 7) is 1.75. The highest BCUT2D eigenvalue weighted by atomic mass is 79.9. The lowest BCUT2D eigenvalue weighted by atomic mass is 10.3. The Hall–Kier alpha value is -1.34. The fourth-order valence-electron chi connectivity index (χ4n) is 2.10. The first-order valence-corrected chi connectivity index (χ1v) is 6.25. The molecule has 2 aromatic heterocycles. The Kier molecular flexibility index (Phi) is 2.44. The third-order valence-corrected chi connectivity index (χ3v) is 3.55. The number of halogens is 1. The van der Waals surface area contributed by atoms with E-state index in [1.807, 2.05) is 6.07 Å². The first kappa shape index (κ1) is 10.8. The van der Waals surface area contributed by atoms with Crippen LogP contribution in [0.25, 0.3) is 5.65 Å². The zero-order chi connectivity index (χ0) is 12.0. The molecule has 0 aliphatic carbocycles. The van der Waals surface area contributed by atoms with Gasteiger partial charge in [-0.25, -0.2) is 4.98 Å². The number of nitrogen functional groups attached to an aromatic ring is 1. The molecule has 0 spiro atoms. The van der Waals surface area contributed by atoms with E-state index in [1.165, 1.54) is 0 Å². The molecule has 1 fully saturated rings. The molecular weight excluding hydrogens is 284 g/mol. The van der Waals surface area contributed by atoms with Gasteiger partial charge in [0.25, 0.3) is 0 Å². The van der Waals surface area contributed by atoms with Gasteiger partial charge in [0.05, 0.1) is 10.7 Å². The van der Waals surface area contributed by atoms with E-state index in [2.05, 4.69) is 30.9 Å². The fraction of sp³-hybridized carbons (Fsp3) is 0.400. The molecule has 3 rings (SSSR count). The Bertz CT molecular complexity index is 565. The van der Waals surface area contributed by atoms with Gasteiger partial charge >= 0.3 is 0 Å². The zero-order valence-electron chi connectivity index (χ0n) is 9.17. The summed E-state index contributed by atoms with van der Waals surface area (Å²) in [7, 11) is 0. The van der Waals surface area contributed by atoms with Gasteiger partial charge in [0.15, 0.2) is 5.65 Å². The Morgan fingerprint density at radius 2 is 2.29 bits per heavy atom. The van der Waals surface area contributed by atoms with E-state index in [-0.39, 0.29) is 6.04 Å². The highest BCUT2D eigenvalue weighted by Crippen LogP contribution is 2.24. The first-order chi connectivity index (χ1) is 8.15. The maximum Gasteiger partial charge on any atom is 0.173 e. The second kappa shape index (κ2) is 3.85. The fourth-order valence-corrected chi connectivity index (χ4v) is 2.45. The summed E-state index contributed by atoms with van der Waals surface area (Å²) in [6.07, 6.45) is 2.69. The maximum atomic E-state index is 5.95. The molecular formula is C10H13BrN6. The average molecular weight is 297 g/mol. The molecule has 0 aromatic carbocycles. The molecule has 6 nitrogen and oxygen atoms in total. The van der Waals surface area contributed by atoms with Crippen LogP contribution in [0, 0.1) is 0 Å². The Morgan fingerprint density at radius 1 is 1.47 bits per heavy atom. The molecule has 7 heteroatoms. The predicted octanol–water partition coefficient (Wildman–Crippen LogP) is 0.611. The van der Waals surface area contributed by atoms with E-state index in [0.717, 1.165) is 35.4 Å². The van der Waals surface area contributed by atoms with E-state index in [1.54, 1.807) is 10.7 Å². The van der Waals surface area contributed by atoms with Crippen molar-refractivity contribution < 1.29 is 0 Å². The SMILES string of the molecule is Nc1cc(N2CC[C@H](N)C2)nc2c(Br)cnn12. The summed E-state index contributed by atoms with van der Waals surface area (Å²) in [5.41, 5.74) is 12.6. The Balaban J connectivity index is 2.08. The topological polar surface area (TPSA) is 85.5 Å². The van der Waals surface area contributed by atoms with Crippen molar-refractivity contribution in [2.24, 2.45) is 5.73 Å². The van der Waals surface area contributed by atoms with Gasteiger partial charge in [-0.2, -0.15) is 9.61 Å². The molecule has 0 amide bonds. The van der Waals surface area contributed by atoms with Crippen LogP contribution in [0.3, 0.4) is 0 Å². The molecule has 0 unspecified atom stereocenters. The summed E-state index contributed by atoms with van der Waals surface area (Å²) in [5.74, 6) is 1.44. The van der Waals surface area contributed by atoms with Gasteiger partial charge in [-0.3, -0.25) is 0 Å². The number of anilines is 2. The van der Waals surface area contributed by atoms with Crippen LogP contribution in [0.1, 0.15) is 6.42 Å². The van der Waals surface area contributed by atoms with Crippen LogP contribution < -0.4 is 16.4 Å². The molecule has 0 radical (unpaired) electrons. The minimum absolute atomic E-state index is 0.225. The van der Waals surface area contributed by atoms with Crippen LogP contribution in [-0.2, 0) is 0 Å². The van der Waals surface area contributed by atoms with Gasteiger partial charge in [0, 0.05) is 25.2 Å². The summed E-state index contributed by atoms with van der Waals surface area (Å²) < 4.78 is 2.46. The van der Waals surface area contributed by atoms with Crippen LogP contribution in [-0.4, -0.2) is 33.7 Å². The lowest BCUT2D eigenvalue weighted by Gasteiger charge is -2.17. The number of fused-ring (bicyclic) bond motifs is 1. The van der Waals surface area contributed by atoms with E-state index in [4.69, 9.17) is 11.5 Å². The summed E-state index contributed by atoms with van der Waals surface area (Å²) in [6, 6.07) is 2.06. The molecule has 1 aliphatic rings. The van der Waals surface area contributed by atoms with Crippen LogP contribution in [0.4, 0.5) is 11.6 Å². The van der Waals surface area contributed by atoms with Crippen molar-refractivity contribution in [3.05, 3.63) is 16.7 Å². The number of rotatable bonds is 1. The minimum atomic E-state index is 0.225. The number of hydrogen-bond donors (Lipinski definition) is 2. The van der Waals surface area contributed by atoms with Crippen molar-refractivity contribution in [3.8, 4) is 0 Å². The van der Waals surface area contributed by atoms with Gasteiger partial charge in [-0.1, -0.05) is 0 Å². The monoisotopic (exact) mass is 296 g/mol. The van der Waals surface area contributed by atoms with E-state index in [9.17, 15) is 0 Å². The van der Waals surface area contributed by atoms with Crippen molar-refractivity contribution in [3.63, 3.8) is 0 Å². The normalized spacial score (nSPS) is 20.4. The van der Waals surface area contributed by atoms with Gasteiger partial charge < -0.3 is 16.4 Å². The van der Waals surface area contributed by atoms with Crippen LogP contribution in [0.5, 0.6) is 0 Å². The minimum Gasteiger partial charge on any atom is -0.383 e. The third-order valence-electron chi connectivity index (χ3n) is 2.99. The molecule has 4 N–H and O–H groups in total. The third kappa shape index (κ3) is 1.75. The van der Waals surface area contributed by atoms with Gasteiger partial charge in [0.2, 0.25) is 0 Å². The quantitative estimate of drug-likeness (QED) is 0.805. The molecule has 3 heterocycles. The average Bonchev–Trinajstić information content (AvgIpc) is 2.87. The number of nitrogens with zero attached hydrogens (tertiary/aromatic N) is 4. The van der Waals surface area contributed by atoms with Crippen molar-refractivity contribution in [1.29, 1.82) is 0 Å².